The van der Waals surface area contributed by atoms with Gasteiger partial charge in [0.2, 0.25) is 0 Å². The van der Waals surface area contributed by atoms with Crippen molar-refractivity contribution in [1.29, 1.82) is 0 Å². The molecule has 1 aromatic rings. The van der Waals surface area contributed by atoms with Crippen LogP contribution in [0.5, 0.6) is 5.75 Å². The van der Waals surface area contributed by atoms with Gasteiger partial charge in [-0.15, -0.1) is 0 Å². The quantitative estimate of drug-likeness (QED) is 0.795. The van der Waals surface area contributed by atoms with Crippen LogP contribution in [0.3, 0.4) is 0 Å². The highest BCUT2D eigenvalue weighted by Crippen LogP contribution is 2.25. The van der Waals surface area contributed by atoms with Crippen LogP contribution in [0.15, 0.2) is 12.1 Å². The molecule has 1 fully saturated rings. The van der Waals surface area contributed by atoms with E-state index in [1.54, 1.807) is 7.11 Å². The molecule has 0 amide bonds. The van der Waals surface area contributed by atoms with Gasteiger partial charge < -0.3 is 4.74 Å². The van der Waals surface area contributed by atoms with Gasteiger partial charge in [-0.2, -0.15) is 0 Å². The van der Waals surface area contributed by atoms with Gasteiger partial charge >= 0.3 is 0 Å². The second kappa shape index (κ2) is 6.61. The zero-order chi connectivity index (χ0) is 15.6. The highest BCUT2D eigenvalue weighted by molar-refractivity contribution is 6.00. The summed E-state index contributed by atoms with van der Waals surface area (Å²) < 4.78 is 5.39. The van der Waals surface area contributed by atoms with E-state index in [4.69, 9.17) is 4.74 Å². The average Bonchev–Trinajstić information content (AvgIpc) is 2.40. The first-order chi connectivity index (χ1) is 9.90. The molecule has 0 spiro atoms. The van der Waals surface area contributed by atoms with Crippen molar-refractivity contribution in [3.05, 3.63) is 28.8 Å². The van der Waals surface area contributed by atoms with E-state index in [9.17, 15) is 4.79 Å². The lowest BCUT2D eigenvalue weighted by molar-refractivity contribution is 0.0846. The van der Waals surface area contributed by atoms with Gasteiger partial charge in [0.15, 0.2) is 5.78 Å². The number of likely N-dealkylation sites (tertiary alicyclic amines) is 1. The zero-order valence-corrected chi connectivity index (χ0v) is 13.9. The van der Waals surface area contributed by atoms with Gasteiger partial charge in [0.25, 0.3) is 0 Å². The first-order valence-corrected chi connectivity index (χ1v) is 7.81. The summed E-state index contributed by atoms with van der Waals surface area (Å²) in [5.74, 6) is 2.20. The molecule has 1 aliphatic heterocycles. The molecular weight excluding hydrogens is 262 g/mol. The molecule has 1 aliphatic rings. The van der Waals surface area contributed by atoms with E-state index in [0.29, 0.717) is 29.7 Å². The fraction of sp³-hybridized carbons (Fsp3) is 0.611. The number of piperidine rings is 1. The minimum absolute atomic E-state index is 0.163. The first kappa shape index (κ1) is 16.0. The third-order valence-electron chi connectivity index (χ3n) is 4.43. The predicted octanol–water partition coefficient (Wildman–Crippen LogP) is 3.47. The van der Waals surface area contributed by atoms with Crippen molar-refractivity contribution in [2.45, 2.75) is 34.1 Å². The van der Waals surface area contributed by atoms with Crippen LogP contribution in [0.1, 0.15) is 41.8 Å². The molecule has 1 aromatic carbocycles. The van der Waals surface area contributed by atoms with Crippen LogP contribution in [0, 0.1) is 25.7 Å². The van der Waals surface area contributed by atoms with Crippen molar-refractivity contribution in [2.75, 3.05) is 26.7 Å². The van der Waals surface area contributed by atoms with E-state index < -0.39 is 0 Å². The monoisotopic (exact) mass is 289 g/mol. The Kier molecular flexibility index (Phi) is 5.04. The maximum atomic E-state index is 12.6. The number of benzene rings is 1. The zero-order valence-electron chi connectivity index (χ0n) is 13.9. The molecule has 1 saturated heterocycles. The summed E-state index contributed by atoms with van der Waals surface area (Å²) >= 11 is 0. The fourth-order valence-corrected chi connectivity index (χ4v) is 3.39. The molecular formula is C18H27NO2. The van der Waals surface area contributed by atoms with Gasteiger partial charge in [-0.05, 0) is 55.4 Å². The summed E-state index contributed by atoms with van der Waals surface area (Å²) in [4.78, 5) is 14.9. The Bertz CT molecular complexity index is 514. The first-order valence-electron chi connectivity index (χ1n) is 7.81. The van der Waals surface area contributed by atoms with E-state index in [1.807, 2.05) is 26.0 Å². The maximum absolute atomic E-state index is 12.6. The number of nitrogens with zero attached hydrogens (tertiary/aromatic N) is 1. The molecule has 2 unspecified atom stereocenters. The molecule has 2 atom stereocenters. The highest BCUT2D eigenvalue weighted by Gasteiger charge is 2.24. The van der Waals surface area contributed by atoms with Crippen molar-refractivity contribution in [2.24, 2.45) is 11.8 Å². The topological polar surface area (TPSA) is 29.5 Å². The Balaban J connectivity index is 2.15. The number of carbonyl (C=O) groups is 1. The molecule has 0 radical (unpaired) electrons. The molecule has 116 valence electrons. The Morgan fingerprint density at radius 1 is 1.19 bits per heavy atom. The normalized spacial score (nSPS) is 23.1. The van der Waals surface area contributed by atoms with Crippen LogP contribution in [0.25, 0.3) is 0 Å². The summed E-state index contributed by atoms with van der Waals surface area (Å²) in [7, 11) is 1.63. The van der Waals surface area contributed by atoms with Crippen molar-refractivity contribution in [1.82, 2.24) is 4.90 Å². The number of hydrogen-bond acceptors (Lipinski definition) is 3. The van der Waals surface area contributed by atoms with E-state index in [1.165, 1.54) is 6.42 Å². The number of hydrogen-bond donors (Lipinski definition) is 0. The van der Waals surface area contributed by atoms with E-state index in [0.717, 1.165) is 24.2 Å². The smallest absolute Gasteiger partial charge is 0.180 e. The number of carbonyl (C=O) groups excluding carboxylic acids is 1. The number of ketones is 1. The van der Waals surface area contributed by atoms with Crippen LogP contribution in [0.2, 0.25) is 0 Å². The number of methoxy groups -OCH3 is 1. The lowest BCUT2D eigenvalue weighted by Crippen LogP contribution is -2.41. The van der Waals surface area contributed by atoms with Crippen molar-refractivity contribution in [3.63, 3.8) is 0 Å². The fourth-order valence-electron chi connectivity index (χ4n) is 3.39. The van der Waals surface area contributed by atoms with Gasteiger partial charge in [-0.3, -0.25) is 9.69 Å². The van der Waals surface area contributed by atoms with Crippen LogP contribution >= 0.6 is 0 Å². The molecule has 0 aliphatic carbocycles. The molecule has 0 saturated carbocycles. The third kappa shape index (κ3) is 3.85. The Hall–Kier alpha value is -1.35. The van der Waals surface area contributed by atoms with E-state index in [2.05, 4.69) is 18.7 Å². The molecule has 1 heterocycles. The van der Waals surface area contributed by atoms with Crippen LogP contribution in [-0.2, 0) is 0 Å². The van der Waals surface area contributed by atoms with Crippen molar-refractivity contribution < 1.29 is 9.53 Å². The second-order valence-electron chi connectivity index (χ2n) is 6.70. The van der Waals surface area contributed by atoms with E-state index >= 15 is 0 Å². The minimum Gasteiger partial charge on any atom is -0.496 e. The SMILES string of the molecule is COc1cc(C)c(C)cc1C(=O)CN1CC(C)CC(C)C1. The minimum atomic E-state index is 0.163. The Morgan fingerprint density at radius 2 is 1.76 bits per heavy atom. The molecule has 3 nitrogen and oxygen atoms in total. The lowest BCUT2D eigenvalue weighted by atomic mass is 9.91. The molecule has 0 N–H and O–H groups in total. The molecule has 3 heteroatoms. The molecule has 0 bridgehead atoms. The second-order valence-corrected chi connectivity index (χ2v) is 6.70. The molecule has 21 heavy (non-hydrogen) atoms. The summed E-state index contributed by atoms with van der Waals surface area (Å²) in [6.45, 7) is 11.1. The van der Waals surface area contributed by atoms with Crippen LogP contribution < -0.4 is 4.74 Å². The van der Waals surface area contributed by atoms with Crippen LogP contribution in [-0.4, -0.2) is 37.4 Å². The Morgan fingerprint density at radius 3 is 2.33 bits per heavy atom. The standard InChI is InChI=1S/C18H27NO2/c1-12-6-13(2)10-19(9-12)11-17(20)16-7-14(3)15(4)8-18(16)21-5/h7-8,12-13H,6,9-11H2,1-5H3. The predicted molar refractivity (Wildman–Crippen MR) is 86.2 cm³/mol. The number of ether oxygens (including phenoxy) is 1. The van der Waals surface area contributed by atoms with Crippen molar-refractivity contribution in [3.8, 4) is 5.75 Å². The average molecular weight is 289 g/mol. The summed E-state index contributed by atoms with van der Waals surface area (Å²) in [6.07, 6.45) is 1.26. The number of rotatable bonds is 4. The number of aryl methyl sites for hydroxylation is 2. The third-order valence-corrected chi connectivity index (χ3v) is 4.43. The van der Waals surface area contributed by atoms with Gasteiger partial charge in [-0.25, -0.2) is 0 Å². The highest BCUT2D eigenvalue weighted by atomic mass is 16.5. The molecule has 0 aromatic heterocycles. The van der Waals surface area contributed by atoms with Gasteiger partial charge in [0, 0.05) is 13.1 Å². The lowest BCUT2D eigenvalue weighted by Gasteiger charge is -2.34. The van der Waals surface area contributed by atoms with Gasteiger partial charge in [0.1, 0.15) is 5.75 Å². The Labute approximate surface area is 128 Å². The summed E-state index contributed by atoms with van der Waals surface area (Å²) in [5, 5.41) is 0. The number of Topliss-reactive ketones (excluding diaryl/α,β-unsaturated/α-hetero) is 1. The van der Waals surface area contributed by atoms with E-state index in [-0.39, 0.29) is 5.78 Å². The summed E-state index contributed by atoms with van der Waals surface area (Å²) in [5.41, 5.74) is 3.01. The maximum Gasteiger partial charge on any atom is 0.180 e. The van der Waals surface area contributed by atoms with Crippen molar-refractivity contribution >= 4 is 5.78 Å². The van der Waals surface area contributed by atoms with Crippen LogP contribution in [0.4, 0.5) is 0 Å². The largest absolute Gasteiger partial charge is 0.496 e. The van der Waals surface area contributed by atoms with Gasteiger partial charge in [-0.1, -0.05) is 13.8 Å². The van der Waals surface area contributed by atoms with Gasteiger partial charge in [0.05, 0.1) is 19.2 Å². The summed E-state index contributed by atoms with van der Waals surface area (Å²) in [6, 6.07) is 3.93. The molecule has 2 rings (SSSR count).